The van der Waals surface area contributed by atoms with Crippen LogP contribution in [0.15, 0.2) is 179 Å². The average Bonchev–Trinajstić information content (AvgIpc) is 2.74. The quantitative estimate of drug-likeness (QED) is 0.0851. The van der Waals surface area contributed by atoms with E-state index in [2.05, 4.69) is 38.6 Å². The zero-order valence-electron chi connectivity index (χ0n) is 43.8. The minimum Gasteiger partial charge on any atom is -0.503 e. The first-order valence-corrected chi connectivity index (χ1v) is 26.4. The normalized spacial score (nSPS) is 13.6. The highest BCUT2D eigenvalue weighted by atomic mass is 16.7. The number of hydrogen-bond acceptors (Lipinski definition) is 11. The second-order valence-electron chi connectivity index (χ2n) is 20.6. The molecule has 8 aromatic carbocycles. The maximum absolute atomic E-state index is 12.1. The van der Waals surface area contributed by atoms with Crippen molar-refractivity contribution in [2.75, 3.05) is 13.2 Å². The van der Waals surface area contributed by atoms with E-state index in [1.807, 2.05) is 179 Å². The summed E-state index contributed by atoms with van der Waals surface area (Å²) in [5, 5.41) is 17.2. The molecular weight excluding hydrogens is 1000 g/mol. The molecule has 0 bridgehead atoms. The van der Waals surface area contributed by atoms with Crippen LogP contribution in [0.2, 0.25) is 0 Å². The van der Waals surface area contributed by atoms with Gasteiger partial charge < -0.3 is 45.9 Å². The standard InChI is InChI=1S/C64H46B2N6O8/c1-37(2)35-73-43-20-14-18-41(32-43)59-54-55(62(72(59)66-79-50-26-12-13-27-51(50)80-66)58(68-5)64-70-57-46-23-9-7-17-40(46)29-31-53(57)76-64)60(42-19-15-21-44(33-42)74-36-38(3)4)71(65-77-48-24-10-11-25-49(48)78-65)61(54)47(34-67)63-69-56-45-22-8-6-16-39(45)28-30-52(56)75-63/h6-33,37-38H,35-36H2,1-4H3/b61-47-,62-58+. The minimum atomic E-state index is -1.26. The fourth-order valence-electron chi connectivity index (χ4n) is 10.8. The Morgan fingerprint density at radius 3 is 1.46 bits per heavy atom. The van der Waals surface area contributed by atoms with Crippen LogP contribution in [-0.2, 0) is 0 Å². The zero-order chi connectivity index (χ0) is 54.2. The molecule has 0 atom stereocenters. The Bertz CT molecular complexity index is 4370. The molecule has 6 heterocycles. The molecule has 14 rings (SSSR count). The van der Waals surface area contributed by atoms with E-state index in [-0.39, 0.29) is 45.6 Å². The van der Waals surface area contributed by atoms with Crippen molar-refractivity contribution in [2.45, 2.75) is 27.7 Å². The minimum absolute atomic E-state index is 0.0115. The number of nitriles is 1. The summed E-state index contributed by atoms with van der Waals surface area (Å²) >= 11 is 0. The van der Waals surface area contributed by atoms with Gasteiger partial charge in [-0.15, -0.1) is 0 Å². The number of aromatic nitrogens is 4. The van der Waals surface area contributed by atoms with Crippen LogP contribution in [0, 0.1) is 29.7 Å². The fourth-order valence-corrected chi connectivity index (χ4v) is 10.8. The molecule has 14 nitrogen and oxygen atoms in total. The van der Waals surface area contributed by atoms with Crippen molar-refractivity contribution < 1.29 is 36.9 Å². The summed E-state index contributed by atoms with van der Waals surface area (Å²) in [6, 6.07) is 56.4. The summed E-state index contributed by atoms with van der Waals surface area (Å²) in [4.78, 5) is 14.8. The summed E-state index contributed by atoms with van der Waals surface area (Å²) in [6.07, 6.45) is 0. The van der Waals surface area contributed by atoms with Crippen molar-refractivity contribution in [3.63, 3.8) is 0 Å². The summed E-state index contributed by atoms with van der Waals surface area (Å²) in [5.41, 5.74) is 4.32. The number of benzene rings is 8. The third kappa shape index (κ3) is 8.02. The molecule has 0 radical (unpaired) electrons. The molecule has 16 heteroatoms. The van der Waals surface area contributed by atoms with Crippen molar-refractivity contribution >= 4 is 80.3 Å². The lowest BCUT2D eigenvalue weighted by molar-refractivity contribution is 0.271. The largest absolute Gasteiger partial charge is 0.743 e. The highest BCUT2D eigenvalue weighted by molar-refractivity contribution is 6.49. The summed E-state index contributed by atoms with van der Waals surface area (Å²) in [5.74, 6) is 3.58. The highest BCUT2D eigenvalue weighted by Gasteiger charge is 2.45. The Labute approximate surface area is 459 Å². The Hall–Kier alpha value is -10.3. The lowest BCUT2D eigenvalue weighted by atomic mass is 10.0. The Balaban J connectivity index is 1.23. The van der Waals surface area contributed by atoms with Crippen molar-refractivity contribution in [3.05, 3.63) is 204 Å². The van der Waals surface area contributed by atoms with Gasteiger partial charge in [-0.1, -0.05) is 137 Å². The lowest BCUT2D eigenvalue weighted by Gasteiger charge is -2.17. The van der Waals surface area contributed by atoms with Crippen LogP contribution < -0.4 is 38.8 Å². The van der Waals surface area contributed by atoms with Crippen molar-refractivity contribution in [1.29, 1.82) is 5.26 Å². The Kier molecular flexibility index (Phi) is 11.6. The van der Waals surface area contributed by atoms with Crippen LogP contribution in [0.4, 0.5) is 0 Å². The summed E-state index contributed by atoms with van der Waals surface area (Å²) in [6.45, 7) is 18.6. The molecule has 4 aromatic heterocycles. The third-order valence-corrected chi connectivity index (χ3v) is 14.2. The van der Waals surface area contributed by atoms with Crippen molar-refractivity contribution in [2.24, 2.45) is 11.8 Å². The Morgan fingerprint density at radius 2 is 0.988 bits per heavy atom. The smallest absolute Gasteiger partial charge is 0.503 e. The molecule has 2 aliphatic heterocycles. The summed E-state index contributed by atoms with van der Waals surface area (Å²) < 4.78 is 57.8. The van der Waals surface area contributed by atoms with Gasteiger partial charge in [0, 0.05) is 32.7 Å². The van der Waals surface area contributed by atoms with Crippen LogP contribution in [0.5, 0.6) is 34.5 Å². The van der Waals surface area contributed by atoms with Crippen LogP contribution in [0.3, 0.4) is 0 Å². The predicted molar refractivity (Wildman–Crippen MR) is 309 cm³/mol. The molecule has 0 saturated heterocycles. The van der Waals surface area contributed by atoms with E-state index in [0.29, 0.717) is 103 Å². The number of ether oxygens (including phenoxy) is 2. The van der Waals surface area contributed by atoms with E-state index in [1.165, 1.54) is 0 Å². The number of rotatable bonds is 12. The first-order valence-electron chi connectivity index (χ1n) is 26.4. The molecule has 80 heavy (non-hydrogen) atoms. The van der Waals surface area contributed by atoms with Crippen LogP contribution in [0.25, 0.3) is 93.1 Å². The average molecular weight is 1050 g/mol. The SMILES string of the molecule is [C-]#[N+]/C(c1nc2c(ccc3ccccc32)o1)=c1\c2c(-c3cccc(OCC(C)C)c3)n(B3Oc4ccccc4O3)/c(=C(/C#N)c3nc4c(ccc5ccccc54)o3)c2c(-c2cccc(OCC(C)C)c2)n1B1Oc2ccccc2O1. The van der Waals surface area contributed by atoms with Gasteiger partial charge in [0.15, 0.2) is 11.2 Å². The lowest BCUT2D eigenvalue weighted by Crippen LogP contribution is -2.44. The number of para-hydroxylation sites is 4. The van der Waals surface area contributed by atoms with Gasteiger partial charge in [0.1, 0.15) is 57.2 Å². The van der Waals surface area contributed by atoms with Crippen LogP contribution >= 0.6 is 0 Å². The molecule has 386 valence electrons. The van der Waals surface area contributed by atoms with E-state index in [1.54, 1.807) is 0 Å². The van der Waals surface area contributed by atoms with Gasteiger partial charge in [-0.2, -0.15) is 5.26 Å². The van der Waals surface area contributed by atoms with E-state index >= 15 is 0 Å². The number of hydrogen-bond donors (Lipinski definition) is 0. The van der Waals surface area contributed by atoms with Crippen molar-refractivity contribution in [1.82, 2.24) is 18.9 Å². The summed E-state index contributed by atoms with van der Waals surface area (Å²) in [7, 11) is -2.52. The van der Waals surface area contributed by atoms with E-state index in [4.69, 9.17) is 46.9 Å². The van der Waals surface area contributed by atoms with Gasteiger partial charge in [-0.25, -0.2) is 14.8 Å². The monoisotopic (exact) mass is 1050 g/mol. The molecular formula is C64H46B2N6O8. The van der Waals surface area contributed by atoms with Crippen LogP contribution in [-0.4, -0.2) is 46.6 Å². The van der Waals surface area contributed by atoms with Gasteiger partial charge in [-0.05, 0) is 83.3 Å². The first-order chi connectivity index (χ1) is 39.2. The highest BCUT2D eigenvalue weighted by Crippen LogP contribution is 2.43. The molecule has 0 aliphatic carbocycles. The molecule has 0 saturated carbocycles. The number of oxazole rings is 2. The van der Waals surface area contributed by atoms with E-state index < -0.39 is 14.5 Å². The van der Waals surface area contributed by atoms with Gasteiger partial charge in [0.2, 0.25) is 11.8 Å². The number of fused-ring (bicyclic) bond motifs is 9. The maximum Gasteiger partial charge on any atom is 0.743 e. The second-order valence-corrected chi connectivity index (χ2v) is 20.6. The second kappa shape index (κ2) is 19.3. The van der Waals surface area contributed by atoms with Gasteiger partial charge in [0.05, 0.1) is 41.9 Å². The third-order valence-electron chi connectivity index (χ3n) is 14.2. The van der Waals surface area contributed by atoms with Gasteiger partial charge >= 0.3 is 14.5 Å². The van der Waals surface area contributed by atoms with Gasteiger partial charge in [-0.3, -0.25) is 0 Å². The van der Waals surface area contributed by atoms with E-state index in [0.717, 1.165) is 21.5 Å². The first kappa shape index (κ1) is 48.1. The van der Waals surface area contributed by atoms with E-state index in [9.17, 15) is 11.8 Å². The topological polar surface area (TPSA) is 145 Å². The van der Waals surface area contributed by atoms with Crippen molar-refractivity contribution in [3.8, 4) is 63.1 Å². The molecule has 0 N–H and O–H groups in total. The fraction of sp³-hybridized carbons (Fsp3) is 0.125. The zero-order valence-corrected chi connectivity index (χ0v) is 43.8. The molecule has 0 amide bonds. The molecule has 0 unspecified atom stereocenters. The molecule has 2 aliphatic rings. The Morgan fingerprint density at radius 1 is 0.550 bits per heavy atom. The molecule has 0 spiro atoms. The predicted octanol–water partition coefficient (Wildman–Crippen LogP) is 12.8. The van der Waals surface area contributed by atoms with Gasteiger partial charge in [0.25, 0.3) is 5.70 Å². The van der Waals surface area contributed by atoms with Crippen LogP contribution in [0.1, 0.15) is 39.5 Å². The molecule has 12 aromatic rings. The maximum atomic E-state index is 12.1. The molecule has 0 fully saturated rings. The number of nitrogens with zero attached hydrogens (tertiary/aromatic N) is 6.